The van der Waals surface area contributed by atoms with Gasteiger partial charge >= 0.3 is 0 Å². The number of likely N-dealkylation sites (N-methyl/N-ethyl adjacent to an activating group) is 1. The van der Waals surface area contributed by atoms with E-state index < -0.39 is 0 Å². The normalized spacial score (nSPS) is 33.6. The molecule has 0 aromatic carbocycles. The molecule has 1 heterocycles. The fraction of sp³-hybridized carbons (Fsp3) is 0.800. The van der Waals surface area contributed by atoms with E-state index in [2.05, 4.69) is 37.7 Å². The molecule has 0 bridgehead atoms. The summed E-state index contributed by atoms with van der Waals surface area (Å²) in [5.41, 5.74) is 0. The zero-order chi connectivity index (χ0) is 9.14. The minimum Gasteiger partial charge on any atom is -0.307 e. The molecule has 1 aliphatic rings. The van der Waals surface area contributed by atoms with Crippen LogP contribution in [0.1, 0.15) is 20.3 Å². The largest absolute Gasteiger partial charge is 0.307 e. The first-order valence-electron chi connectivity index (χ1n) is 4.72. The van der Waals surface area contributed by atoms with Crippen molar-refractivity contribution in [2.24, 2.45) is 0 Å². The molecule has 2 heteroatoms. The zero-order valence-corrected chi connectivity index (χ0v) is 8.38. The number of rotatable bonds is 3. The third-order valence-electron chi connectivity index (χ3n) is 2.74. The van der Waals surface area contributed by atoms with E-state index in [-0.39, 0.29) is 0 Å². The van der Waals surface area contributed by atoms with Crippen LogP contribution in [0.4, 0.5) is 0 Å². The molecule has 0 aromatic heterocycles. The summed E-state index contributed by atoms with van der Waals surface area (Å²) in [5, 5.41) is 3.53. The van der Waals surface area contributed by atoms with E-state index in [4.69, 9.17) is 0 Å². The van der Waals surface area contributed by atoms with Crippen LogP contribution in [0, 0.1) is 0 Å². The molecule has 1 saturated heterocycles. The Kier molecular flexibility index (Phi) is 3.29. The molecule has 0 spiro atoms. The van der Waals surface area contributed by atoms with Crippen LogP contribution in [-0.2, 0) is 0 Å². The lowest BCUT2D eigenvalue weighted by molar-refractivity contribution is 0.326. The maximum atomic E-state index is 3.76. The molecule has 0 saturated carbocycles. The van der Waals surface area contributed by atoms with Gasteiger partial charge in [0.15, 0.2) is 0 Å². The molecular formula is C10H20N2. The molecule has 1 fully saturated rings. The molecular weight excluding hydrogens is 148 g/mol. The Labute approximate surface area is 75.6 Å². The van der Waals surface area contributed by atoms with Crippen LogP contribution in [0.15, 0.2) is 12.7 Å². The van der Waals surface area contributed by atoms with E-state index in [1.807, 2.05) is 6.08 Å². The predicted molar refractivity (Wildman–Crippen MR) is 53.3 cm³/mol. The third kappa shape index (κ3) is 2.32. The van der Waals surface area contributed by atoms with Crippen molar-refractivity contribution >= 4 is 0 Å². The summed E-state index contributed by atoms with van der Waals surface area (Å²) in [6, 6.07) is 1.81. The lowest BCUT2D eigenvalue weighted by Crippen LogP contribution is -2.36. The molecule has 1 N–H and O–H groups in total. The smallest absolute Gasteiger partial charge is 0.0222 e. The SMILES string of the molecule is C=CC(C)NC1CC(C)N(C)C1. The summed E-state index contributed by atoms with van der Waals surface area (Å²) in [5.74, 6) is 0. The lowest BCUT2D eigenvalue weighted by atomic mass is 10.1. The van der Waals surface area contributed by atoms with Gasteiger partial charge in [0.05, 0.1) is 0 Å². The van der Waals surface area contributed by atoms with Crippen LogP contribution >= 0.6 is 0 Å². The van der Waals surface area contributed by atoms with Crippen molar-refractivity contribution in [3.05, 3.63) is 12.7 Å². The number of nitrogens with zero attached hydrogens (tertiary/aromatic N) is 1. The summed E-state index contributed by atoms with van der Waals surface area (Å²) in [6.45, 7) is 9.36. The molecule has 2 nitrogen and oxygen atoms in total. The number of hydrogen-bond donors (Lipinski definition) is 1. The average Bonchev–Trinajstić information content (AvgIpc) is 2.31. The molecule has 70 valence electrons. The standard InChI is InChI=1S/C10H20N2/c1-5-8(2)11-10-6-9(3)12(4)7-10/h5,8-11H,1,6-7H2,2-4H3. The van der Waals surface area contributed by atoms with Gasteiger partial charge in [-0.15, -0.1) is 6.58 Å². The van der Waals surface area contributed by atoms with Gasteiger partial charge in [0.25, 0.3) is 0 Å². The number of hydrogen-bond acceptors (Lipinski definition) is 2. The Hall–Kier alpha value is -0.340. The topological polar surface area (TPSA) is 15.3 Å². The fourth-order valence-electron chi connectivity index (χ4n) is 1.75. The first-order valence-corrected chi connectivity index (χ1v) is 4.72. The Morgan fingerprint density at radius 3 is 2.75 bits per heavy atom. The molecule has 3 atom stereocenters. The number of likely N-dealkylation sites (tertiary alicyclic amines) is 1. The van der Waals surface area contributed by atoms with Gasteiger partial charge in [-0.2, -0.15) is 0 Å². The van der Waals surface area contributed by atoms with Crippen molar-refractivity contribution in [2.45, 2.75) is 38.4 Å². The van der Waals surface area contributed by atoms with Crippen LogP contribution in [0.5, 0.6) is 0 Å². The second-order valence-corrected chi connectivity index (χ2v) is 3.91. The minimum atomic E-state index is 0.439. The predicted octanol–water partition coefficient (Wildman–Crippen LogP) is 1.24. The first kappa shape index (κ1) is 9.75. The fourth-order valence-corrected chi connectivity index (χ4v) is 1.75. The third-order valence-corrected chi connectivity index (χ3v) is 2.74. The zero-order valence-electron chi connectivity index (χ0n) is 8.38. The van der Waals surface area contributed by atoms with Gasteiger partial charge in [0.1, 0.15) is 0 Å². The average molecular weight is 168 g/mol. The molecule has 0 aliphatic carbocycles. The summed E-state index contributed by atoms with van der Waals surface area (Å²) in [7, 11) is 2.19. The van der Waals surface area contributed by atoms with Gasteiger partial charge in [-0.1, -0.05) is 6.08 Å². The monoisotopic (exact) mass is 168 g/mol. The highest BCUT2D eigenvalue weighted by Gasteiger charge is 2.25. The van der Waals surface area contributed by atoms with Crippen molar-refractivity contribution in [3.63, 3.8) is 0 Å². The molecule has 0 aromatic rings. The van der Waals surface area contributed by atoms with Crippen molar-refractivity contribution < 1.29 is 0 Å². The van der Waals surface area contributed by atoms with Gasteiger partial charge < -0.3 is 10.2 Å². The Bertz CT molecular complexity index is 146. The summed E-state index contributed by atoms with van der Waals surface area (Å²) in [4.78, 5) is 2.40. The Morgan fingerprint density at radius 2 is 2.33 bits per heavy atom. The maximum Gasteiger partial charge on any atom is 0.0222 e. The molecule has 0 radical (unpaired) electrons. The second-order valence-electron chi connectivity index (χ2n) is 3.91. The molecule has 1 aliphatic heterocycles. The van der Waals surface area contributed by atoms with Gasteiger partial charge in [-0.3, -0.25) is 0 Å². The van der Waals surface area contributed by atoms with Crippen molar-refractivity contribution in [2.75, 3.05) is 13.6 Å². The van der Waals surface area contributed by atoms with Gasteiger partial charge in [0, 0.05) is 24.7 Å². The minimum absolute atomic E-state index is 0.439. The highest BCUT2D eigenvalue weighted by atomic mass is 15.2. The highest BCUT2D eigenvalue weighted by Crippen LogP contribution is 2.15. The molecule has 1 rings (SSSR count). The van der Waals surface area contributed by atoms with E-state index in [1.54, 1.807) is 0 Å². The summed E-state index contributed by atoms with van der Waals surface area (Å²) >= 11 is 0. The maximum absolute atomic E-state index is 3.76. The Morgan fingerprint density at radius 1 is 1.67 bits per heavy atom. The van der Waals surface area contributed by atoms with E-state index in [1.165, 1.54) is 13.0 Å². The van der Waals surface area contributed by atoms with E-state index in [9.17, 15) is 0 Å². The molecule has 12 heavy (non-hydrogen) atoms. The number of nitrogens with one attached hydrogen (secondary N) is 1. The Balaban J connectivity index is 2.32. The van der Waals surface area contributed by atoms with Crippen LogP contribution in [0.3, 0.4) is 0 Å². The van der Waals surface area contributed by atoms with Crippen LogP contribution in [0.2, 0.25) is 0 Å². The quantitative estimate of drug-likeness (QED) is 0.638. The van der Waals surface area contributed by atoms with Crippen LogP contribution in [0.25, 0.3) is 0 Å². The first-order chi connectivity index (χ1) is 5.63. The van der Waals surface area contributed by atoms with E-state index >= 15 is 0 Å². The lowest BCUT2D eigenvalue weighted by Gasteiger charge is -2.15. The van der Waals surface area contributed by atoms with Gasteiger partial charge in [0.2, 0.25) is 0 Å². The summed E-state index contributed by atoms with van der Waals surface area (Å²) in [6.07, 6.45) is 3.22. The highest BCUT2D eigenvalue weighted by molar-refractivity contribution is 4.90. The van der Waals surface area contributed by atoms with Gasteiger partial charge in [-0.05, 0) is 27.3 Å². The van der Waals surface area contributed by atoms with Gasteiger partial charge in [-0.25, -0.2) is 0 Å². The van der Waals surface area contributed by atoms with E-state index in [0.717, 1.165) is 6.04 Å². The van der Waals surface area contributed by atoms with Crippen molar-refractivity contribution in [3.8, 4) is 0 Å². The van der Waals surface area contributed by atoms with Crippen molar-refractivity contribution in [1.82, 2.24) is 10.2 Å². The van der Waals surface area contributed by atoms with Crippen LogP contribution < -0.4 is 5.32 Å². The van der Waals surface area contributed by atoms with E-state index in [0.29, 0.717) is 12.1 Å². The molecule has 0 amide bonds. The molecule has 3 unspecified atom stereocenters. The van der Waals surface area contributed by atoms with Crippen molar-refractivity contribution in [1.29, 1.82) is 0 Å². The summed E-state index contributed by atoms with van der Waals surface area (Å²) < 4.78 is 0. The van der Waals surface area contributed by atoms with Crippen LogP contribution in [-0.4, -0.2) is 36.6 Å². The second kappa shape index (κ2) is 4.06.